The molecule has 2 atom stereocenters. The molecule has 0 radical (unpaired) electrons. The molecular formula is C14H18BrNO2S. The highest BCUT2D eigenvalue weighted by atomic mass is 79.9. The SMILES string of the molecule is CCSC1CCCC1Nc1cc(Br)ccc1C(=O)O. The van der Waals surface area contributed by atoms with Crippen molar-refractivity contribution in [2.24, 2.45) is 0 Å². The van der Waals surface area contributed by atoms with Crippen molar-refractivity contribution in [2.75, 3.05) is 11.1 Å². The summed E-state index contributed by atoms with van der Waals surface area (Å²) >= 11 is 5.37. The van der Waals surface area contributed by atoms with Crippen LogP contribution < -0.4 is 5.32 Å². The van der Waals surface area contributed by atoms with Crippen LogP contribution in [-0.2, 0) is 0 Å². The second kappa shape index (κ2) is 6.66. The lowest BCUT2D eigenvalue weighted by Gasteiger charge is -2.22. The molecule has 2 rings (SSSR count). The summed E-state index contributed by atoms with van der Waals surface area (Å²) in [6.45, 7) is 2.17. The van der Waals surface area contributed by atoms with Crippen LogP contribution in [0.4, 0.5) is 5.69 Å². The first-order valence-corrected chi connectivity index (χ1v) is 8.37. The lowest BCUT2D eigenvalue weighted by atomic mass is 10.1. The average molecular weight is 344 g/mol. The van der Waals surface area contributed by atoms with Gasteiger partial charge in [0.05, 0.1) is 11.3 Å². The van der Waals surface area contributed by atoms with Gasteiger partial charge in [0, 0.05) is 15.8 Å². The zero-order valence-electron chi connectivity index (χ0n) is 10.9. The predicted molar refractivity (Wildman–Crippen MR) is 84.3 cm³/mol. The Morgan fingerprint density at radius 1 is 1.53 bits per heavy atom. The Hall–Kier alpha value is -0.680. The van der Waals surface area contributed by atoms with E-state index in [4.69, 9.17) is 0 Å². The Kier molecular flexibility index (Phi) is 5.16. The van der Waals surface area contributed by atoms with Gasteiger partial charge in [0.15, 0.2) is 0 Å². The highest BCUT2D eigenvalue weighted by Gasteiger charge is 2.28. The topological polar surface area (TPSA) is 49.3 Å². The van der Waals surface area contributed by atoms with Gasteiger partial charge in [-0.25, -0.2) is 4.79 Å². The van der Waals surface area contributed by atoms with E-state index in [1.54, 1.807) is 12.1 Å². The fourth-order valence-corrected chi connectivity index (χ4v) is 4.09. The Labute approximate surface area is 126 Å². The van der Waals surface area contributed by atoms with Gasteiger partial charge >= 0.3 is 5.97 Å². The molecule has 0 bridgehead atoms. The average Bonchev–Trinajstić information content (AvgIpc) is 2.77. The molecule has 1 aromatic rings. The van der Waals surface area contributed by atoms with Gasteiger partial charge in [0.2, 0.25) is 0 Å². The molecule has 0 saturated heterocycles. The number of carboxylic acid groups (broad SMARTS) is 1. The molecule has 0 aliphatic heterocycles. The highest BCUT2D eigenvalue weighted by molar-refractivity contribution is 9.10. The monoisotopic (exact) mass is 343 g/mol. The molecule has 19 heavy (non-hydrogen) atoms. The third-order valence-electron chi connectivity index (χ3n) is 3.39. The lowest BCUT2D eigenvalue weighted by Crippen LogP contribution is -2.27. The van der Waals surface area contributed by atoms with Gasteiger partial charge in [-0.3, -0.25) is 0 Å². The van der Waals surface area contributed by atoms with Crippen molar-refractivity contribution < 1.29 is 9.90 Å². The van der Waals surface area contributed by atoms with E-state index >= 15 is 0 Å². The molecule has 0 amide bonds. The number of nitrogens with one attached hydrogen (secondary N) is 1. The van der Waals surface area contributed by atoms with Crippen molar-refractivity contribution in [1.29, 1.82) is 0 Å². The summed E-state index contributed by atoms with van der Waals surface area (Å²) in [7, 11) is 0. The van der Waals surface area contributed by atoms with Crippen molar-refractivity contribution >= 4 is 39.3 Å². The van der Waals surface area contributed by atoms with Crippen LogP contribution in [0.3, 0.4) is 0 Å². The van der Waals surface area contributed by atoms with Gasteiger partial charge in [0.25, 0.3) is 0 Å². The molecule has 1 aliphatic rings. The van der Waals surface area contributed by atoms with Crippen molar-refractivity contribution in [3.63, 3.8) is 0 Å². The zero-order chi connectivity index (χ0) is 13.8. The maximum absolute atomic E-state index is 11.3. The van der Waals surface area contributed by atoms with Crippen LogP contribution >= 0.6 is 27.7 Å². The van der Waals surface area contributed by atoms with Gasteiger partial charge in [-0.2, -0.15) is 11.8 Å². The Morgan fingerprint density at radius 3 is 3.00 bits per heavy atom. The number of hydrogen-bond acceptors (Lipinski definition) is 3. The third-order valence-corrected chi connectivity index (χ3v) is 5.21. The molecule has 3 nitrogen and oxygen atoms in total. The van der Waals surface area contributed by atoms with E-state index < -0.39 is 5.97 Å². The molecule has 0 aromatic heterocycles. The minimum Gasteiger partial charge on any atom is -0.478 e. The molecule has 5 heteroatoms. The predicted octanol–water partition coefficient (Wildman–Crippen LogP) is 4.23. The van der Waals surface area contributed by atoms with E-state index in [-0.39, 0.29) is 0 Å². The van der Waals surface area contributed by atoms with Gasteiger partial charge in [0.1, 0.15) is 0 Å². The molecule has 1 aliphatic carbocycles. The van der Waals surface area contributed by atoms with Gasteiger partial charge in [-0.15, -0.1) is 0 Å². The Bertz CT molecular complexity index is 467. The molecule has 0 spiro atoms. The van der Waals surface area contributed by atoms with Crippen LogP contribution in [0.1, 0.15) is 36.5 Å². The van der Waals surface area contributed by atoms with E-state index in [2.05, 4.69) is 28.2 Å². The second-order valence-corrected chi connectivity index (χ2v) is 7.10. The number of rotatable bonds is 5. The Morgan fingerprint density at radius 2 is 2.32 bits per heavy atom. The molecule has 2 unspecified atom stereocenters. The summed E-state index contributed by atoms with van der Waals surface area (Å²) in [5, 5.41) is 13.3. The third kappa shape index (κ3) is 3.66. The highest BCUT2D eigenvalue weighted by Crippen LogP contribution is 2.33. The van der Waals surface area contributed by atoms with Crippen molar-refractivity contribution in [3.8, 4) is 0 Å². The summed E-state index contributed by atoms with van der Waals surface area (Å²) in [5.41, 5.74) is 1.06. The summed E-state index contributed by atoms with van der Waals surface area (Å²) in [5.74, 6) is 0.223. The van der Waals surface area contributed by atoms with Crippen LogP contribution in [-0.4, -0.2) is 28.1 Å². The maximum atomic E-state index is 11.3. The van der Waals surface area contributed by atoms with Crippen LogP contribution in [0, 0.1) is 0 Å². The molecule has 0 heterocycles. The van der Waals surface area contributed by atoms with Crippen molar-refractivity contribution in [2.45, 2.75) is 37.5 Å². The van der Waals surface area contributed by atoms with Crippen LogP contribution in [0.25, 0.3) is 0 Å². The Balaban J connectivity index is 2.17. The number of carbonyl (C=O) groups is 1. The zero-order valence-corrected chi connectivity index (χ0v) is 13.3. The fraction of sp³-hybridized carbons (Fsp3) is 0.500. The molecule has 1 saturated carbocycles. The number of thioether (sulfide) groups is 1. The number of aromatic carboxylic acids is 1. The number of carboxylic acids is 1. The van der Waals surface area contributed by atoms with Crippen LogP contribution in [0.5, 0.6) is 0 Å². The van der Waals surface area contributed by atoms with Gasteiger partial charge in [-0.05, 0) is 36.8 Å². The van der Waals surface area contributed by atoms with Crippen molar-refractivity contribution in [1.82, 2.24) is 0 Å². The molecule has 2 N–H and O–H groups in total. The van der Waals surface area contributed by atoms with Gasteiger partial charge in [-0.1, -0.05) is 29.3 Å². The quantitative estimate of drug-likeness (QED) is 0.839. The first-order chi connectivity index (χ1) is 9.11. The molecule has 1 aromatic carbocycles. The number of hydrogen-bond donors (Lipinski definition) is 2. The second-order valence-electron chi connectivity index (χ2n) is 4.67. The van der Waals surface area contributed by atoms with E-state index in [0.29, 0.717) is 16.9 Å². The van der Waals surface area contributed by atoms with E-state index in [1.807, 2.05) is 17.8 Å². The van der Waals surface area contributed by atoms with Crippen molar-refractivity contribution in [3.05, 3.63) is 28.2 Å². The standard InChI is InChI=1S/C14H18BrNO2S/c1-2-19-13-5-3-4-11(13)16-12-8-9(15)6-7-10(12)14(17)18/h6-8,11,13,16H,2-5H2,1H3,(H,17,18). The smallest absolute Gasteiger partial charge is 0.337 e. The largest absolute Gasteiger partial charge is 0.478 e. The van der Waals surface area contributed by atoms with Gasteiger partial charge < -0.3 is 10.4 Å². The number of anilines is 1. The summed E-state index contributed by atoms with van der Waals surface area (Å²) in [4.78, 5) is 11.3. The first-order valence-electron chi connectivity index (χ1n) is 6.52. The maximum Gasteiger partial charge on any atom is 0.337 e. The summed E-state index contributed by atoms with van der Waals surface area (Å²) < 4.78 is 0.901. The fourth-order valence-electron chi connectivity index (χ4n) is 2.53. The van der Waals surface area contributed by atoms with Crippen LogP contribution in [0.15, 0.2) is 22.7 Å². The number of halogens is 1. The van der Waals surface area contributed by atoms with E-state index in [0.717, 1.165) is 22.3 Å². The minimum absolute atomic E-state index is 0.343. The minimum atomic E-state index is -0.882. The van der Waals surface area contributed by atoms with E-state index in [9.17, 15) is 9.90 Å². The molecule has 1 fully saturated rings. The molecular weight excluding hydrogens is 326 g/mol. The normalized spacial score (nSPS) is 22.4. The van der Waals surface area contributed by atoms with Crippen LogP contribution in [0.2, 0.25) is 0 Å². The van der Waals surface area contributed by atoms with E-state index in [1.165, 1.54) is 12.8 Å². The lowest BCUT2D eigenvalue weighted by molar-refractivity contribution is 0.0698. The first kappa shape index (κ1) is 14.7. The molecule has 104 valence electrons. The summed E-state index contributed by atoms with van der Waals surface area (Å²) in [6.07, 6.45) is 3.54. The number of benzene rings is 1. The summed E-state index contributed by atoms with van der Waals surface area (Å²) in [6, 6.07) is 5.64.